The molecule has 5 nitrogen and oxygen atoms in total. The van der Waals surface area contributed by atoms with Gasteiger partial charge in [0.1, 0.15) is 5.82 Å². The molecule has 1 unspecified atom stereocenters. The zero-order valence-electron chi connectivity index (χ0n) is 10.5. The molecular weight excluding hydrogens is 248 g/mol. The van der Waals surface area contributed by atoms with Crippen LogP contribution in [0.3, 0.4) is 0 Å². The molecular formula is C12H18N4OS. The van der Waals surface area contributed by atoms with Crippen molar-refractivity contribution in [3.8, 4) is 0 Å². The van der Waals surface area contributed by atoms with E-state index in [0.717, 1.165) is 12.2 Å². The number of nitrogens with one attached hydrogen (secondary N) is 2. The Hall–Kier alpha value is -1.17. The predicted octanol–water partition coefficient (Wildman–Crippen LogP) is 1.18. The molecule has 2 saturated carbocycles. The number of rotatable bonds is 4. The number of carbonyl (C=O) groups is 1. The minimum Gasteiger partial charge on any atom is -0.355 e. The fraction of sp³-hybridized carbons (Fsp3) is 0.750. The van der Waals surface area contributed by atoms with Crippen molar-refractivity contribution in [3.05, 3.63) is 10.6 Å². The summed E-state index contributed by atoms with van der Waals surface area (Å²) in [4.78, 5) is 11.9. The Labute approximate surface area is 111 Å². The molecule has 1 aromatic rings. The molecule has 6 heteroatoms. The maximum Gasteiger partial charge on any atom is 0.223 e. The van der Waals surface area contributed by atoms with E-state index in [4.69, 9.17) is 12.2 Å². The highest BCUT2D eigenvalue weighted by Gasteiger charge is 2.56. The number of H-pyrrole nitrogens is 1. The zero-order valence-corrected chi connectivity index (χ0v) is 11.3. The summed E-state index contributed by atoms with van der Waals surface area (Å²) < 4.78 is 2.46. The van der Waals surface area contributed by atoms with Crippen LogP contribution in [0.4, 0.5) is 0 Å². The van der Waals surface area contributed by atoms with Crippen LogP contribution < -0.4 is 5.32 Å². The van der Waals surface area contributed by atoms with Gasteiger partial charge in [0.2, 0.25) is 5.91 Å². The first-order valence-corrected chi connectivity index (χ1v) is 6.97. The normalized spacial score (nSPS) is 29.1. The molecule has 2 aliphatic rings. The molecule has 3 rings (SSSR count). The van der Waals surface area contributed by atoms with Crippen LogP contribution in [0.25, 0.3) is 0 Å². The summed E-state index contributed by atoms with van der Waals surface area (Å²) in [5.74, 6) is 2.80. The van der Waals surface area contributed by atoms with Crippen LogP contribution in [0.15, 0.2) is 0 Å². The summed E-state index contributed by atoms with van der Waals surface area (Å²) in [7, 11) is 1.88. The lowest BCUT2D eigenvalue weighted by atomic mass is 10.1. The standard InChI is InChI=1S/C12H18N4OS/c1-16-9(14-15-12(16)18)5-6-13-11(17)10-7-3-2-4-8(7)10/h7-8,10H,2-6H2,1H3,(H,13,17)(H,15,18)/t7-,8+,10?. The number of fused-ring (bicyclic) bond motifs is 1. The quantitative estimate of drug-likeness (QED) is 0.805. The summed E-state index contributed by atoms with van der Waals surface area (Å²) in [6.45, 7) is 0.641. The van der Waals surface area contributed by atoms with Crippen molar-refractivity contribution in [1.82, 2.24) is 20.1 Å². The molecule has 2 fully saturated rings. The number of amides is 1. The van der Waals surface area contributed by atoms with Crippen LogP contribution in [0, 0.1) is 22.5 Å². The highest BCUT2D eigenvalue weighted by Crippen LogP contribution is 2.57. The molecule has 2 N–H and O–H groups in total. The maximum atomic E-state index is 11.9. The second-order valence-corrected chi connectivity index (χ2v) is 5.72. The number of aromatic nitrogens is 3. The van der Waals surface area contributed by atoms with E-state index in [9.17, 15) is 4.79 Å². The molecule has 0 bridgehead atoms. The van der Waals surface area contributed by atoms with Gasteiger partial charge in [-0.25, -0.2) is 0 Å². The van der Waals surface area contributed by atoms with Crippen molar-refractivity contribution in [3.63, 3.8) is 0 Å². The Bertz CT molecular complexity index is 510. The molecule has 1 heterocycles. The Morgan fingerprint density at radius 1 is 1.56 bits per heavy atom. The molecule has 0 saturated heterocycles. The lowest BCUT2D eigenvalue weighted by Crippen LogP contribution is -2.29. The molecule has 2 aliphatic carbocycles. The number of nitrogens with zero attached hydrogens (tertiary/aromatic N) is 2. The number of carbonyl (C=O) groups excluding carboxylic acids is 1. The van der Waals surface area contributed by atoms with Gasteiger partial charge in [-0.3, -0.25) is 9.89 Å². The van der Waals surface area contributed by atoms with Gasteiger partial charge in [0.15, 0.2) is 4.77 Å². The molecule has 0 radical (unpaired) electrons. The zero-order chi connectivity index (χ0) is 12.7. The Morgan fingerprint density at radius 2 is 2.28 bits per heavy atom. The smallest absolute Gasteiger partial charge is 0.223 e. The Morgan fingerprint density at radius 3 is 2.89 bits per heavy atom. The summed E-state index contributed by atoms with van der Waals surface area (Å²) >= 11 is 5.04. The van der Waals surface area contributed by atoms with Crippen molar-refractivity contribution in [1.29, 1.82) is 0 Å². The lowest BCUT2D eigenvalue weighted by molar-refractivity contribution is -0.123. The maximum absolute atomic E-state index is 11.9. The minimum absolute atomic E-state index is 0.237. The van der Waals surface area contributed by atoms with Crippen molar-refractivity contribution < 1.29 is 4.79 Å². The van der Waals surface area contributed by atoms with E-state index < -0.39 is 0 Å². The SMILES string of the molecule is Cn1c(CCNC(=O)C2[C@H]3CCC[C@@H]23)n[nH]c1=S. The molecule has 0 aromatic carbocycles. The molecule has 98 valence electrons. The van der Waals surface area contributed by atoms with Crippen molar-refractivity contribution >= 4 is 18.1 Å². The molecule has 1 amide bonds. The molecule has 3 atom stereocenters. The highest BCUT2D eigenvalue weighted by atomic mass is 32.1. The second kappa shape index (κ2) is 4.50. The number of hydrogen-bond acceptors (Lipinski definition) is 3. The van der Waals surface area contributed by atoms with E-state index in [2.05, 4.69) is 15.5 Å². The van der Waals surface area contributed by atoms with Crippen LogP contribution in [-0.2, 0) is 18.3 Å². The summed E-state index contributed by atoms with van der Waals surface area (Å²) in [6.07, 6.45) is 4.52. The lowest BCUT2D eigenvalue weighted by Gasteiger charge is -2.06. The van der Waals surface area contributed by atoms with Gasteiger partial charge in [-0.05, 0) is 36.9 Å². The van der Waals surface area contributed by atoms with Gasteiger partial charge >= 0.3 is 0 Å². The third kappa shape index (κ3) is 1.98. The monoisotopic (exact) mass is 266 g/mol. The van der Waals surface area contributed by atoms with Gasteiger partial charge in [-0.2, -0.15) is 5.10 Å². The average molecular weight is 266 g/mol. The first-order valence-electron chi connectivity index (χ1n) is 6.56. The van der Waals surface area contributed by atoms with Gasteiger partial charge in [0.25, 0.3) is 0 Å². The average Bonchev–Trinajstić information content (AvgIpc) is 2.68. The number of aromatic amines is 1. The van der Waals surface area contributed by atoms with E-state index in [0.29, 0.717) is 29.1 Å². The van der Waals surface area contributed by atoms with E-state index in [-0.39, 0.29) is 5.91 Å². The Balaban J connectivity index is 1.46. The Kier molecular flexibility index (Phi) is 2.97. The molecule has 0 aliphatic heterocycles. The van der Waals surface area contributed by atoms with Crippen molar-refractivity contribution in [2.24, 2.45) is 24.8 Å². The van der Waals surface area contributed by atoms with E-state index >= 15 is 0 Å². The van der Waals surface area contributed by atoms with E-state index in [1.54, 1.807) is 0 Å². The predicted molar refractivity (Wildman–Crippen MR) is 69.4 cm³/mol. The third-order valence-corrected chi connectivity index (χ3v) is 4.69. The van der Waals surface area contributed by atoms with Crippen molar-refractivity contribution in [2.75, 3.05) is 6.54 Å². The topological polar surface area (TPSA) is 62.7 Å². The van der Waals surface area contributed by atoms with Gasteiger partial charge in [0, 0.05) is 25.9 Å². The summed E-state index contributed by atoms with van der Waals surface area (Å²) in [5.41, 5.74) is 0. The molecule has 1 aromatic heterocycles. The summed E-state index contributed by atoms with van der Waals surface area (Å²) in [5, 5.41) is 9.89. The molecule has 0 spiro atoms. The van der Waals surface area contributed by atoms with E-state index in [1.807, 2.05) is 11.6 Å². The first-order chi connectivity index (χ1) is 8.68. The van der Waals surface area contributed by atoms with Gasteiger partial charge < -0.3 is 9.88 Å². The van der Waals surface area contributed by atoms with Gasteiger partial charge in [0.05, 0.1) is 0 Å². The second-order valence-electron chi connectivity index (χ2n) is 5.33. The first kappa shape index (κ1) is 11.9. The molecule has 18 heavy (non-hydrogen) atoms. The van der Waals surface area contributed by atoms with Crippen LogP contribution in [-0.4, -0.2) is 27.2 Å². The van der Waals surface area contributed by atoms with Gasteiger partial charge in [-0.1, -0.05) is 6.42 Å². The fourth-order valence-corrected chi connectivity index (χ4v) is 3.38. The van der Waals surface area contributed by atoms with E-state index in [1.165, 1.54) is 19.3 Å². The van der Waals surface area contributed by atoms with Crippen LogP contribution in [0.2, 0.25) is 0 Å². The van der Waals surface area contributed by atoms with Gasteiger partial charge in [-0.15, -0.1) is 0 Å². The number of hydrogen-bond donors (Lipinski definition) is 2. The van der Waals surface area contributed by atoms with Crippen LogP contribution in [0.5, 0.6) is 0 Å². The summed E-state index contributed by atoms with van der Waals surface area (Å²) in [6, 6.07) is 0. The third-order valence-electron chi connectivity index (χ3n) is 4.33. The van der Waals surface area contributed by atoms with Crippen LogP contribution in [0.1, 0.15) is 25.1 Å². The fourth-order valence-electron chi connectivity index (χ4n) is 3.23. The minimum atomic E-state index is 0.237. The highest BCUT2D eigenvalue weighted by molar-refractivity contribution is 7.71. The van der Waals surface area contributed by atoms with Crippen molar-refractivity contribution in [2.45, 2.75) is 25.7 Å². The largest absolute Gasteiger partial charge is 0.355 e. The van der Waals surface area contributed by atoms with Crippen LogP contribution >= 0.6 is 12.2 Å².